The summed E-state index contributed by atoms with van der Waals surface area (Å²) in [6.45, 7) is 6.38. The third-order valence-electron chi connectivity index (χ3n) is 4.90. The molecule has 5 nitrogen and oxygen atoms in total. The van der Waals surface area contributed by atoms with Crippen molar-refractivity contribution in [2.75, 3.05) is 31.1 Å². The van der Waals surface area contributed by atoms with E-state index < -0.39 is 0 Å². The van der Waals surface area contributed by atoms with Crippen LogP contribution in [0, 0.1) is 6.92 Å². The Kier molecular flexibility index (Phi) is 3.65. The van der Waals surface area contributed by atoms with Crippen molar-refractivity contribution in [2.24, 2.45) is 0 Å². The molecule has 2 aliphatic rings. The molecule has 1 atom stereocenters. The van der Waals surface area contributed by atoms with Crippen LogP contribution in [0.1, 0.15) is 18.5 Å². The smallest absolute Gasteiger partial charge is 0.165 e. The number of piperazine rings is 1. The van der Waals surface area contributed by atoms with Crippen molar-refractivity contribution >= 4 is 5.82 Å². The molecule has 2 saturated heterocycles. The molecule has 2 fully saturated rings. The summed E-state index contributed by atoms with van der Waals surface area (Å²) in [4.78, 5) is 14.2. The van der Waals surface area contributed by atoms with Gasteiger partial charge in [-0.25, -0.2) is 9.97 Å². The van der Waals surface area contributed by atoms with Crippen molar-refractivity contribution in [3.8, 4) is 17.1 Å². The van der Waals surface area contributed by atoms with Gasteiger partial charge in [0.25, 0.3) is 0 Å². The summed E-state index contributed by atoms with van der Waals surface area (Å²) in [5.41, 5.74) is 1.62. The highest BCUT2D eigenvalue weighted by molar-refractivity contribution is 5.65. The molecule has 0 unspecified atom stereocenters. The number of phenols is 1. The Bertz CT molecular complexity index is 718. The first kappa shape index (κ1) is 14.5. The standard InChI is InChI=1S/C18H22N4O/c1-13-11-17(22-10-9-21-8-4-5-14(21)12-22)20-18(19-13)15-6-2-3-7-16(15)23/h2-3,6-7,11,14,23H,4-5,8-10,12H2,1H3/t14-/m0/s1. The molecule has 1 aromatic carbocycles. The lowest BCUT2D eigenvalue weighted by molar-refractivity contribution is 0.230. The maximum absolute atomic E-state index is 10.1. The second-order valence-electron chi connectivity index (χ2n) is 6.49. The number of benzene rings is 1. The molecule has 0 bridgehead atoms. The van der Waals surface area contributed by atoms with Crippen molar-refractivity contribution < 1.29 is 5.11 Å². The summed E-state index contributed by atoms with van der Waals surface area (Å²) >= 11 is 0. The molecule has 0 aliphatic carbocycles. The monoisotopic (exact) mass is 310 g/mol. The predicted octanol–water partition coefficient (Wildman–Crippen LogP) is 2.44. The summed E-state index contributed by atoms with van der Waals surface area (Å²) in [5.74, 6) is 1.80. The van der Waals surface area contributed by atoms with Gasteiger partial charge in [0.1, 0.15) is 11.6 Å². The van der Waals surface area contributed by atoms with Gasteiger partial charge in [0.2, 0.25) is 0 Å². The van der Waals surface area contributed by atoms with E-state index in [2.05, 4.69) is 14.8 Å². The van der Waals surface area contributed by atoms with Gasteiger partial charge >= 0.3 is 0 Å². The summed E-state index contributed by atoms with van der Waals surface area (Å²) in [5, 5.41) is 10.1. The lowest BCUT2D eigenvalue weighted by Crippen LogP contribution is -2.50. The molecule has 4 rings (SSSR count). The predicted molar refractivity (Wildman–Crippen MR) is 90.7 cm³/mol. The average molecular weight is 310 g/mol. The van der Waals surface area contributed by atoms with Crippen LogP contribution in [0.15, 0.2) is 30.3 Å². The first-order valence-corrected chi connectivity index (χ1v) is 8.34. The van der Waals surface area contributed by atoms with E-state index in [1.54, 1.807) is 6.07 Å². The zero-order valence-electron chi connectivity index (χ0n) is 13.4. The molecular formula is C18H22N4O. The fraction of sp³-hybridized carbons (Fsp3) is 0.444. The zero-order chi connectivity index (χ0) is 15.8. The molecule has 0 amide bonds. The van der Waals surface area contributed by atoms with Crippen molar-refractivity contribution in [3.63, 3.8) is 0 Å². The van der Waals surface area contributed by atoms with Crippen LogP contribution in [-0.2, 0) is 0 Å². The molecule has 0 spiro atoms. The number of aromatic hydroxyl groups is 1. The lowest BCUT2D eigenvalue weighted by atomic mass is 10.1. The Hall–Kier alpha value is -2.14. The lowest BCUT2D eigenvalue weighted by Gasteiger charge is -2.38. The fourth-order valence-electron chi connectivity index (χ4n) is 3.70. The number of rotatable bonds is 2. The molecule has 3 heterocycles. The Labute approximate surface area is 136 Å². The second kappa shape index (κ2) is 5.81. The molecule has 5 heteroatoms. The van der Waals surface area contributed by atoms with Crippen LogP contribution < -0.4 is 4.90 Å². The van der Waals surface area contributed by atoms with Gasteiger partial charge in [-0.15, -0.1) is 0 Å². The first-order chi connectivity index (χ1) is 11.2. The third-order valence-corrected chi connectivity index (χ3v) is 4.90. The summed E-state index contributed by atoms with van der Waals surface area (Å²) in [6.07, 6.45) is 2.59. The van der Waals surface area contributed by atoms with Gasteiger partial charge in [-0.05, 0) is 38.4 Å². The molecule has 1 aromatic heterocycles. The highest BCUT2D eigenvalue weighted by Gasteiger charge is 2.31. The summed E-state index contributed by atoms with van der Waals surface area (Å²) < 4.78 is 0. The van der Waals surface area contributed by atoms with E-state index in [1.807, 2.05) is 31.2 Å². The van der Waals surface area contributed by atoms with Gasteiger partial charge in [-0.1, -0.05) is 12.1 Å². The molecule has 0 saturated carbocycles. The van der Waals surface area contributed by atoms with Crippen LogP contribution in [0.2, 0.25) is 0 Å². The van der Waals surface area contributed by atoms with Crippen molar-refractivity contribution in [3.05, 3.63) is 36.0 Å². The van der Waals surface area contributed by atoms with Crippen LogP contribution in [-0.4, -0.2) is 52.2 Å². The fourth-order valence-corrected chi connectivity index (χ4v) is 3.70. The van der Waals surface area contributed by atoms with Crippen molar-refractivity contribution in [1.82, 2.24) is 14.9 Å². The van der Waals surface area contributed by atoms with Gasteiger partial charge in [0.05, 0.1) is 5.56 Å². The molecule has 0 radical (unpaired) electrons. The number of anilines is 1. The van der Waals surface area contributed by atoms with Crippen LogP contribution in [0.5, 0.6) is 5.75 Å². The summed E-state index contributed by atoms with van der Waals surface area (Å²) in [7, 11) is 0. The molecule has 23 heavy (non-hydrogen) atoms. The number of phenolic OH excluding ortho intramolecular Hbond substituents is 1. The van der Waals surface area contributed by atoms with E-state index in [-0.39, 0.29) is 5.75 Å². The first-order valence-electron chi connectivity index (χ1n) is 8.34. The van der Waals surface area contributed by atoms with Gasteiger partial charge in [-0.2, -0.15) is 0 Å². The van der Waals surface area contributed by atoms with Crippen molar-refractivity contribution in [1.29, 1.82) is 0 Å². The molecule has 2 aliphatic heterocycles. The maximum Gasteiger partial charge on any atom is 0.165 e. The Morgan fingerprint density at radius 1 is 1.13 bits per heavy atom. The van der Waals surface area contributed by atoms with Gasteiger partial charge in [0, 0.05) is 37.4 Å². The number of para-hydroxylation sites is 1. The number of fused-ring (bicyclic) bond motifs is 1. The van der Waals surface area contributed by atoms with Crippen LogP contribution in [0.25, 0.3) is 11.4 Å². The van der Waals surface area contributed by atoms with E-state index in [1.165, 1.54) is 19.4 Å². The summed E-state index contributed by atoms with van der Waals surface area (Å²) in [6, 6.07) is 9.97. The number of aryl methyl sites for hydroxylation is 1. The number of nitrogens with zero attached hydrogens (tertiary/aromatic N) is 4. The van der Waals surface area contributed by atoms with E-state index >= 15 is 0 Å². The Morgan fingerprint density at radius 3 is 2.87 bits per heavy atom. The second-order valence-corrected chi connectivity index (χ2v) is 6.49. The van der Waals surface area contributed by atoms with Crippen LogP contribution >= 0.6 is 0 Å². The maximum atomic E-state index is 10.1. The Morgan fingerprint density at radius 2 is 2.00 bits per heavy atom. The van der Waals surface area contributed by atoms with E-state index in [0.29, 0.717) is 17.4 Å². The highest BCUT2D eigenvalue weighted by Crippen LogP contribution is 2.29. The molecule has 1 N–H and O–H groups in total. The minimum absolute atomic E-state index is 0.227. The minimum Gasteiger partial charge on any atom is -0.507 e. The quantitative estimate of drug-likeness (QED) is 0.923. The highest BCUT2D eigenvalue weighted by atomic mass is 16.3. The van der Waals surface area contributed by atoms with E-state index in [0.717, 1.165) is 31.1 Å². The molecule has 2 aromatic rings. The molecule has 120 valence electrons. The molecular weight excluding hydrogens is 288 g/mol. The number of aromatic nitrogens is 2. The SMILES string of the molecule is Cc1cc(N2CCN3CCC[C@H]3C2)nc(-c2ccccc2O)n1. The topological polar surface area (TPSA) is 52.5 Å². The third kappa shape index (κ3) is 2.77. The van der Waals surface area contributed by atoms with Gasteiger partial charge < -0.3 is 10.0 Å². The van der Waals surface area contributed by atoms with Crippen LogP contribution in [0.3, 0.4) is 0 Å². The van der Waals surface area contributed by atoms with Crippen LogP contribution in [0.4, 0.5) is 5.82 Å². The van der Waals surface area contributed by atoms with E-state index in [9.17, 15) is 5.11 Å². The van der Waals surface area contributed by atoms with E-state index in [4.69, 9.17) is 4.98 Å². The number of hydrogen-bond acceptors (Lipinski definition) is 5. The average Bonchev–Trinajstić information content (AvgIpc) is 3.02. The van der Waals surface area contributed by atoms with Gasteiger partial charge in [0.15, 0.2) is 5.82 Å². The normalized spacial score (nSPS) is 21.4. The Balaban J connectivity index is 1.66. The zero-order valence-corrected chi connectivity index (χ0v) is 13.4. The number of hydrogen-bond donors (Lipinski definition) is 1. The van der Waals surface area contributed by atoms with Gasteiger partial charge in [-0.3, -0.25) is 4.90 Å². The minimum atomic E-state index is 0.227. The largest absolute Gasteiger partial charge is 0.507 e. The van der Waals surface area contributed by atoms with Crippen molar-refractivity contribution in [2.45, 2.75) is 25.8 Å².